The Balaban J connectivity index is 1.78. The van der Waals surface area contributed by atoms with Crippen molar-refractivity contribution in [3.05, 3.63) is 29.8 Å². The molecule has 5 nitrogen and oxygen atoms in total. The minimum atomic E-state index is -0.228. The topological polar surface area (TPSA) is 75.4 Å². The Kier molecular flexibility index (Phi) is 6.29. The highest BCUT2D eigenvalue weighted by Crippen LogP contribution is 2.30. The summed E-state index contributed by atoms with van der Waals surface area (Å²) in [6, 6.07) is 7.67. The predicted octanol–water partition coefficient (Wildman–Crippen LogP) is 2.25. The zero-order chi connectivity index (χ0) is 17.7. The van der Waals surface area contributed by atoms with E-state index in [4.69, 9.17) is 5.73 Å². The van der Waals surface area contributed by atoms with Crippen LogP contribution in [0.4, 0.5) is 5.69 Å². The summed E-state index contributed by atoms with van der Waals surface area (Å²) >= 11 is 1.38. The van der Waals surface area contributed by atoms with Gasteiger partial charge in [-0.15, -0.1) is 11.8 Å². The number of aryl methyl sites for hydroxylation is 1. The first-order chi connectivity index (χ1) is 11.3. The highest BCUT2D eigenvalue weighted by molar-refractivity contribution is 8.01. The van der Waals surface area contributed by atoms with E-state index < -0.39 is 0 Å². The summed E-state index contributed by atoms with van der Waals surface area (Å²) < 4.78 is 0. The van der Waals surface area contributed by atoms with Crippen molar-refractivity contribution in [2.24, 2.45) is 11.1 Å². The molecule has 0 radical (unpaired) electrons. The average Bonchev–Trinajstić information content (AvgIpc) is 2.97. The molecule has 1 heterocycles. The van der Waals surface area contributed by atoms with Gasteiger partial charge in [0.25, 0.3) is 0 Å². The maximum Gasteiger partial charge on any atom is 0.235 e. The van der Waals surface area contributed by atoms with Gasteiger partial charge in [0.05, 0.1) is 11.0 Å². The maximum atomic E-state index is 12.5. The number of nitrogens with one attached hydrogen (secondary N) is 1. The number of rotatable bonds is 6. The molecule has 6 heteroatoms. The first kappa shape index (κ1) is 18.8. The minimum absolute atomic E-state index is 0.0306. The van der Waals surface area contributed by atoms with Gasteiger partial charge >= 0.3 is 0 Å². The van der Waals surface area contributed by atoms with Gasteiger partial charge in [0.15, 0.2) is 0 Å². The van der Waals surface area contributed by atoms with E-state index in [0.717, 1.165) is 24.2 Å². The molecule has 1 saturated heterocycles. The van der Waals surface area contributed by atoms with Crippen molar-refractivity contribution >= 4 is 29.3 Å². The van der Waals surface area contributed by atoms with E-state index in [2.05, 4.69) is 12.2 Å². The second kappa shape index (κ2) is 8.03. The smallest absolute Gasteiger partial charge is 0.235 e. The molecule has 0 saturated carbocycles. The second-order valence-electron chi connectivity index (χ2n) is 6.89. The van der Waals surface area contributed by atoms with Crippen LogP contribution >= 0.6 is 11.8 Å². The summed E-state index contributed by atoms with van der Waals surface area (Å²) in [6.45, 7) is 8.05. The molecular weight excluding hydrogens is 322 g/mol. The number of amides is 2. The van der Waals surface area contributed by atoms with E-state index in [1.54, 1.807) is 0 Å². The van der Waals surface area contributed by atoms with Gasteiger partial charge < -0.3 is 16.0 Å². The lowest BCUT2D eigenvalue weighted by Gasteiger charge is -2.24. The van der Waals surface area contributed by atoms with Crippen LogP contribution in [0.25, 0.3) is 0 Å². The number of carbonyl (C=O) groups excluding carboxylic acids is 2. The molecule has 0 spiro atoms. The fourth-order valence-corrected chi connectivity index (χ4v) is 3.51. The molecule has 1 aliphatic rings. The number of benzene rings is 1. The highest BCUT2D eigenvalue weighted by atomic mass is 32.2. The van der Waals surface area contributed by atoms with Crippen LogP contribution in [0.2, 0.25) is 0 Å². The first-order valence-corrected chi connectivity index (χ1v) is 9.35. The van der Waals surface area contributed by atoms with Crippen molar-refractivity contribution in [3.63, 3.8) is 0 Å². The van der Waals surface area contributed by atoms with Gasteiger partial charge in [0, 0.05) is 18.8 Å². The van der Waals surface area contributed by atoms with Crippen molar-refractivity contribution in [2.45, 2.75) is 32.4 Å². The highest BCUT2D eigenvalue weighted by Gasteiger charge is 2.36. The third-order valence-corrected chi connectivity index (χ3v) is 5.64. The molecule has 24 heavy (non-hydrogen) atoms. The number of hydrogen-bond acceptors (Lipinski definition) is 4. The molecule has 132 valence electrons. The van der Waals surface area contributed by atoms with E-state index in [1.807, 2.05) is 43.0 Å². The first-order valence-electron chi connectivity index (χ1n) is 8.30. The number of anilines is 1. The van der Waals surface area contributed by atoms with E-state index in [-0.39, 0.29) is 28.2 Å². The summed E-state index contributed by atoms with van der Waals surface area (Å²) in [5.74, 6) is 0.278. The summed E-state index contributed by atoms with van der Waals surface area (Å²) in [5.41, 5.74) is 7.75. The Labute approximate surface area is 148 Å². The van der Waals surface area contributed by atoms with E-state index in [9.17, 15) is 9.59 Å². The van der Waals surface area contributed by atoms with Crippen LogP contribution in [-0.4, -0.2) is 47.4 Å². The Morgan fingerprint density at radius 3 is 2.62 bits per heavy atom. The monoisotopic (exact) mass is 349 g/mol. The molecule has 2 atom stereocenters. The lowest BCUT2D eigenvalue weighted by Crippen LogP contribution is -2.38. The standard InChI is InChI=1S/C18H27N3O2S/c1-13-4-6-15(7-5-13)20-16(22)10-24-14(2)17(23)21-9-8-18(3,11-19)12-21/h4-7,14H,8-12,19H2,1-3H3,(H,20,22). The molecule has 2 unspecified atom stereocenters. The predicted molar refractivity (Wildman–Crippen MR) is 100 cm³/mol. The molecule has 0 aromatic heterocycles. The number of likely N-dealkylation sites (tertiary alicyclic amines) is 1. The average molecular weight is 350 g/mol. The van der Waals surface area contributed by atoms with Gasteiger partial charge in [0.2, 0.25) is 11.8 Å². The Hall–Kier alpha value is -1.53. The molecule has 3 N–H and O–H groups in total. The van der Waals surface area contributed by atoms with Crippen molar-refractivity contribution in [1.82, 2.24) is 4.90 Å². The Bertz CT molecular complexity index is 590. The number of nitrogens with two attached hydrogens (primary N) is 1. The minimum Gasteiger partial charge on any atom is -0.341 e. The number of hydrogen-bond donors (Lipinski definition) is 2. The summed E-state index contributed by atoms with van der Waals surface area (Å²) in [7, 11) is 0. The van der Waals surface area contributed by atoms with Gasteiger partial charge in [-0.3, -0.25) is 9.59 Å². The number of thioether (sulfide) groups is 1. The molecule has 0 bridgehead atoms. The van der Waals surface area contributed by atoms with Crippen LogP contribution in [-0.2, 0) is 9.59 Å². The normalized spacial score (nSPS) is 21.6. The fraction of sp³-hybridized carbons (Fsp3) is 0.556. The summed E-state index contributed by atoms with van der Waals surface area (Å²) in [6.07, 6.45) is 0.945. The Morgan fingerprint density at radius 1 is 1.38 bits per heavy atom. The molecule has 0 aliphatic carbocycles. The number of carbonyl (C=O) groups is 2. The molecule has 1 aliphatic heterocycles. The molecule has 1 aromatic carbocycles. The van der Waals surface area contributed by atoms with Crippen molar-refractivity contribution in [2.75, 3.05) is 30.7 Å². The van der Waals surface area contributed by atoms with Crippen LogP contribution in [0.1, 0.15) is 25.8 Å². The van der Waals surface area contributed by atoms with E-state index in [0.29, 0.717) is 13.1 Å². The quantitative estimate of drug-likeness (QED) is 0.826. The van der Waals surface area contributed by atoms with Crippen LogP contribution in [0.3, 0.4) is 0 Å². The van der Waals surface area contributed by atoms with Gasteiger partial charge in [-0.05, 0) is 44.4 Å². The number of nitrogens with zero attached hydrogens (tertiary/aromatic N) is 1. The molecular formula is C18H27N3O2S. The van der Waals surface area contributed by atoms with Crippen LogP contribution in [0.5, 0.6) is 0 Å². The molecule has 1 fully saturated rings. The van der Waals surface area contributed by atoms with Crippen molar-refractivity contribution in [3.8, 4) is 0 Å². The lowest BCUT2D eigenvalue weighted by molar-refractivity contribution is -0.129. The van der Waals surface area contributed by atoms with Crippen molar-refractivity contribution < 1.29 is 9.59 Å². The molecule has 2 amide bonds. The van der Waals surface area contributed by atoms with Crippen LogP contribution < -0.4 is 11.1 Å². The maximum absolute atomic E-state index is 12.5. The zero-order valence-corrected chi connectivity index (χ0v) is 15.5. The second-order valence-corrected chi connectivity index (χ2v) is 8.22. The third kappa shape index (κ3) is 4.98. The summed E-state index contributed by atoms with van der Waals surface area (Å²) in [4.78, 5) is 26.4. The van der Waals surface area contributed by atoms with Gasteiger partial charge in [0.1, 0.15) is 0 Å². The Morgan fingerprint density at radius 2 is 2.04 bits per heavy atom. The van der Waals surface area contributed by atoms with Crippen LogP contribution in [0, 0.1) is 12.3 Å². The molecule has 2 rings (SSSR count). The van der Waals surface area contributed by atoms with Gasteiger partial charge in [-0.2, -0.15) is 0 Å². The molecule has 1 aromatic rings. The van der Waals surface area contributed by atoms with E-state index >= 15 is 0 Å². The van der Waals surface area contributed by atoms with Gasteiger partial charge in [-0.1, -0.05) is 24.6 Å². The largest absolute Gasteiger partial charge is 0.341 e. The zero-order valence-electron chi connectivity index (χ0n) is 14.7. The van der Waals surface area contributed by atoms with Crippen molar-refractivity contribution in [1.29, 1.82) is 0 Å². The van der Waals surface area contributed by atoms with E-state index in [1.165, 1.54) is 11.8 Å². The fourth-order valence-electron chi connectivity index (χ4n) is 2.74. The lowest BCUT2D eigenvalue weighted by atomic mass is 9.90. The van der Waals surface area contributed by atoms with Crippen LogP contribution in [0.15, 0.2) is 24.3 Å². The third-order valence-electron chi connectivity index (χ3n) is 4.51. The summed E-state index contributed by atoms with van der Waals surface area (Å²) in [5, 5.41) is 2.63. The van der Waals surface area contributed by atoms with Gasteiger partial charge in [-0.25, -0.2) is 0 Å². The SMILES string of the molecule is Cc1ccc(NC(=O)CSC(C)C(=O)N2CCC(C)(CN)C2)cc1.